The van der Waals surface area contributed by atoms with Gasteiger partial charge < -0.3 is 9.64 Å². The summed E-state index contributed by atoms with van der Waals surface area (Å²) in [6.45, 7) is 1.08. The maximum absolute atomic E-state index is 13.8. The SMILES string of the molecule is O=Cc1cc(C(=O)c2ccc(F)cc2)ccc1N1CC[C@H](Oc2ncccc2F)C1. The molecule has 0 radical (unpaired) electrons. The number of ketones is 1. The lowest BCUT2D eigenvalue weighted by Crippen LogP contribution is -2.26. The van der Waals surface area contributed by atoms with E-state index in [2.05, 4.69) is 4.98 Å². The molecular formula is C23H18F2N2O3. The normalized spacial score (nSPS) is 15.8. The van der Waals surface area contributed by atoms with Crippen molar-refractivity contribution in [2.75, 3.05) is 18.0 Å². The van der Waals surface area contributed by atoms with Crippen LogP contribution >= 0.6 is 0 Å². The Bertz CT molecular complexity index is 1090. The predicted molar refractivity (Wildman–Crippen MR) is 107 cm³/mol. The second-order valence-electron chi connectivity index (χ2n) is 6.99. The number of anilines is 1. The van der Waals surface area contributed by atoms with Crippen molar-refractivity contribution >= 4 is 17.8 Å². The molecule has 1 aromatic heterocycles. The van der Waals surface area contributed by atoms with E-state index in [0.717, 1.165) is 0 Å². The summed E-state index contributed by atoms with van der Waals surface area (Å²) in [5.41, 5.74) is 1.73. The lowest BCUT2D eigenvalue weighted by Gasteiger charge is -2.21. The van der Waals surface area contributed by atoms with Gasteiger partial charge in [-0.05, 0) is 54.6 Å². The highest BCUT2D eigenvalue weighted by molar-refractivity contribution is 6.10. The highest BCUT2D eigenvalue weighted by Crippen LogP contribution is 2.27. The molecular weight excluding hydrogens is 390 g/mol. The fourth-order valence-corrected chi connectivity index (χ4v) is 3.51. The molecule has 1 aliphatic heterocycles. The summed E-state index contributed by atoms with van der Waals surface area (Å²) < 4.78 is 32.5. The Morgan fingerprint density at radius 2 is 1.87 bits per heavy atom. The molecule has 0 spiro atoms. The molecule has 5 nitrogen and oxygen atoms in total. The Morgan fingerprint density at radius 3 is 2.60 bits per heavy atom. The minimum absolute atomic E-state index is 0.0415. The Kier molecular flexibility index (Phi) is 5.52. The van der Waals surface area contributed by atoms with Gasteiger partial charge in [0, 0.05) is 41.5 Å². The number of ether oxygens (including phenoxy) is 1. The van der Waals surface area contributed by atoms with Gasteiger partial charge in [0.05, 0.1) is 6.54 Å². The number of aromatic nitrogens is 1. The third kappa shape index (κ3) is 4.05. The fourth-order valence-electron chi connectivity index (χ4n) is 3.51. The smallest absolute Gasteiger partial charge is 0.250 e. The van der Waals surface area contributed by atoms with Gasteiger partial charge in [-0.3, -0.25) is 9.59 Å². The molecule has 30 heavy (non-hydrogen) atoms. The zero-order valence-corrected chi connectivity index (χ0v) is 15.9. The second kappa shape index (κ2) is 8.41. The maximum atomic E-state index is 13.8. The summed E-state index contributed by atoms with van der Waals surface area (Å²) in [6, 6.07) is 12.9. The molecule has 1 atom stereocenters. The van der Waals surface area contributed by atoms with Gasteiger partial charge in [-0.25, -0.2) is 13.8 Å². The highest BCUT2D eigenvalue weighted by Gasteiger charge is 2.27. The molecule has 0 N–H and O–H groups in total. The van der Waals surface area contributed by atoms with Gasteiger partial charge in [0.2, 0.25) is 0 Å². The number of benzene rings is 2. The van der Waals surface area contributed by atoms with Crippen LogP contribution in [0.2, 0.25) is 0 Å². The minimum Gasteiger partial charge on any atom is -0.470 e. The summed E-state index contributed by atoms with van der Waals surface area (Å²) in [5, 5.41) is 0. The van der Waals surface area contributed by atoms with Crippen molar-refractivity contribution < 1.29 is 23.1 Å². The number of halogens is 2. The van der Waals surface area contributed by atoms with Gasteiger partial charge in [-0.15, -0.1) is 0 Å². The first-order valence-corrected chi connectivity index (χ1v) is 9.47. The predicted octanol–water partition coefficient (Wildman–Crippen LogP) is 4.06. The number of hydrogen-bond donors (Lipinski definition) is 0. The van der Waals surface area contributed by atoms with Crippen LogP contribution in [0.15, 0.2) is 60.8 Å². The zero-order valence-electron chi connectivity index (χ0n) is 15.9. The third-order valence-electron chi connectivity index (χ3n) is 5.01. The van der Waals surface area contributed by atoms with E-state index in [9.17, 15) is 18.4 Å². The molecule has 0 bridgehead atoms. The van der Waals surface area contributed by atoms with Gasteiger partial charge in [0.25, 0.3) is 5.88 Å². The van der Waals surface area contributed by atoms with Crippen molar-refractivity contribution in [1.82, 2.24) is 4.98 Å². The van der Waals surface area contributed by atoms with E-state index < -0.39 is 11.6 Å². The molecule has 1 saturated heterocycles. The summed E-state index contributed by atoms with van der Waals surface area (Å²) >= 11 is 0. The van der Waals surface area contributed by atoms with Crippen molar-refractivity contribution in [2.45, 2.75) is 12.5 Å². The monoisotopic (exact) mass is 408 g/mol. The fraction of sp³-hybridized carbons (Fsp3) is 0.174. The van der Waals surface area contributed by atoms with E-state index in [0.29, 0.717) is 48.2 Å². The van der Waals surface area contributed by atoms with Crippen LogP contribution in [0.3, 0.4) is 0 Å². The van der Waals surface area contributed by atoms with Crippen LogP contribution in [0.4, 0.5) is 14.5 Å². The van der Waals surface area contributed by atoms with Crippen LogP contribution in [0.5, 0.6) is 5.88 Å². The highest BCUT2D eigenvalue weighted by atomic mass is 19.1. The third-order valence-corrected chi connectivity index (χ3v) is 5.01. The van der Waals surface area contributed by atoms with Crippen molar-refractivity contribution in [3.05, 3.63) is 89.1 Å². The first kappa shape index (κ1) is 19.7. The molecule has 7 heteroatoms. The lowest BCUT2D eigenvalue weighted by molar-refractivity contribution is 0.103. The van der Waals surface area contributed by atoms with Gasteiger partial charge in [-0.1, -0.05) is 0 Å². The van der Waals surface area contributed by atoms with Crippen LogP contribution in [0, 0.1) is 11.6 Å². The molecule has 3 aromatic rings. The molecule has 0 amide bonds. The first-order valence-electron chi connectivity index (χ1n) is 9.47. The second-order valence-corrected chi connectivity index (χ2v) is 6.99. The molecule has 0 aliphatic carbocycles. The molecule has 2 aromatic carbocycles. The molecule has 0 saturated carbocycles. The number of nitrogens with zero attached hydrogens (tertiary/aromatic N) is 2. The zero-order chi connectivity index (χ0) is 21.1. The largest absolute Gasteiger partial charge is 0.470 e. The average molecular weight is 408 g/mol. The van der Waals surface area contributed by atoms with Crippen LogP contribution in [-0.4, -0.2) is 36.2 Å². The lowest BCUT2D eigenvalue weighted by atomic mass is 10.0. The first-order chi connectivity index (χ1) is 14.5. The molecule has 152 valence electrons. The summed E-state index contributed by atoms with van der Waals surface area (Å²) in [5.74, 6) is -1.28. The number of pyridine rings is 1. The number of hydrogen-bond acceptors (Lipinski definition) is 5. The van der Waals surface area contributed by atoms with Gasteiger partial charge >= 0.3 is 0 Å². The Balaban J connectivity index is 1.51. The topological polar surface area (TPSA) is 59.5 Å². The minimum atomic E-state index is -0.520. The molecule has 1 fully saturated rings. The standard InChI is InChI=1S/C23H18F2N2O3/c24-18-6-3-15(4-7-18)22(29)16-5-8-21(17(12-16)14-28)27-11-9-19(13-27)30-23-20(25)2-1-10-26-23/h1-8,10,12,14,19H,9,11,13H2/t19-/m0/s1. The van der Waals surface area contributed by atoms with Crippen LogP contribution in [0.25, 0.3) is 0 Å². The Labute approximate surface area is 171 Å². The van der Waals surface area contributed by atoms with Gasteiger partial charge in [-0.2, -0.15) is 0 Å². The van der Waals surface area contributed by atoms with Gasteiger partial charge in [0.1, 0.15) is 11.9 Å². The van der Waals surface area contributed by atoms with E-state index in [1.54, 1.807) is 12.1 Å². The Hall–Kier alpha value is -3.61. The van der Waals surface area contributed by atoms with Crippen molar-refractivity contribution in [3.63, 3.8) is 0 Å². The van der Waals surface area contributed by atoms with Crippen molar-refractivity contribution in [3.8, 4) is 5.88 Å². The number of carbonyl (C=O) groups excluding carboxylic acids is 2. The Morgan fingerprint density at radius 1 is 1.10 bits per heavy atom. The number of rotatable bonds is 6. The van der Waals surface area contributed by atoms with Crippen LogP contribution in [-0.2, 0) is 0 Å². The van der Waals surface area contributed by atoms with Crippen molar-refractivity contribution in [1.29, 1.82) is 0 Å². The number of carbonyl (C=O) groups is 2. The summed E-state index contributed by atoms with van der Waals surface area (Å²) in [6.07, 6.45) is 2.54. The maximum Gasteiger partial charge on any atom is 0.250 e. The van der Waals surface area contributed by atoms with Crippen LogP contribution in [0.1, 0.15) is 32.7 Å². The average Bonchev–Trinajstić information content (AvgIpc) is 3.23. The quantitative estimate of drug-likeness (QED) is 0.455. The number of aldehydes is 1. The molecule has 1 aliphatic rings. The summed E-state index contributed by atoms with van der Waals surface area (Å²) in [4.78, 5) is 30.2. The van der Waals surface area contributed by atoms with E-state index in [-0.39, 0.29) is 17.8 Å². The van der Waals surface area contributed by atoms with E-state index in [1.807, 2.05) is 4.90 Å². The van der Waals surface area contributed by atoms with E-state index >= 15 is 0 Å². The molecule has 0 unspecified atom stereocenters. The molecule has 4 rings (SSSR count). The van der Waals surface area contributed by atoms with E-state index in [4.69, 9.17) is 4.74 Å². The molecule has 2 heterocycles. The van der Waals surface area contributed by atoms with Crippen LogP contribution < -0.4 is 9.64 Å². The van der Waals surface area contributed by atoms with Crippen molar-refractivity contribution in [2.24, 2.45) is 0 Å². The van der Waals surface area contributed by atoms with Gasteiger partial charge in [0.15, 0.2) is 17.9 Å². The summed E-state index contributed by atoms with van der Waals surface area (Å²) in [7, 11) is 0. The van der Waals surface area contributed by atoms with E-state index in [1.165, 1.54) is 48.7 Å².